The van der Waals surface area contributed by atoms with Gasteiger partial charge in [-0.05, 0) is 55.7 Å². The molecule has 4 aliphatic rings. The molecule has 0 radical (unpaired) electrons. The molecule has 3 saturated carbocycles. The fourth-order valence-electron chi connectivity index (χ4n) is 7.25. The molecule has 0 spiro atoms. The molecule has 0 saturated heterocycles. The fourth-order valence-corrected chi connectivity index (χ4v) is 7.25. The van der Waals surface area contributed by atoms with Crippen LogP contribution in [0.15, 0.2) is 23.8 Å². The topological polar surface area (TPSA) is 132 Å². The van der Waals surface area contributed by atoms with Crippen LogP contribution in [-0.4, -0.2) is 68.1 Å². The number of rotatable bonds is 2. The quantitative estimate of drug-likeness (QED) is 0.485. The van der Waals surface area contributed by atoms with E-state index < -0.39 is 76.3 Å². The molecule has 0 unspecified atom stereocenters. The maximum Gasteiger partial charge on any atom is 0.300 e. The lowest BCUT2D eigenvalue weighted by Gasteiger charge is -2.63. The van der Waals surface area contributed by atoms with E-state index in [1.165, 1.54) is 19.1 Å². The molecule has 9 atom stereocenters. The van der Waals surface area contributed by atoms with E-state index in [9.17, 15) is 24.9 Å². The van der Waals surface area contributed by atoms with E-state index in [0.717, 1.165) is 13.0 Å². The summed E-state index contributed by atoms with van der Waals surface area (Å²) in [7, 11) is 0. The summed E-state index contributed by atoms with van der Waals surface area (Å²) in [4.78, 5) is 33.3. The van der Waals surface area contributed by atoms with Crippen molar-refractivity contribution >= 4 is 17.5 Å². The maximum atomic E-state index is 16.9. The Labute approximate surface area is 191 Å². The van der Waals surface area contributed by atoms with Crippen molar-refractivity contribution in [1.29, 1.82) is 0 Å². The third kappa shape index (κ3) is 3.26. The summed E-state index contributed by atoms with van der Waals surface area (Å²) < 4.78 is 32.1. The summed E-state index contributed by atoms with van der Waals surface area (Å²) >= 11 is 0. The van der Waals surface area contributed by atoms with Crippen LogP contribution in [0.3, 0.4) is 0 Å². The minimum absolute atomic E-state index is 0.0409. The van der Waals surface area contributed by atoms with Crippen LogP contribution in [0.25, 0.3) is 0 Å². The lowest BCUT2D eigenvalue weighted by molar-refractivity contribution is -0.223. The number of carbonyl (C=O) groups is 3. The summed E-state index contributed by atoms with van der Waals surface area (Å²) in [6.07, 6.45) is 0.427. The molecule has 184 valence electrons. The van der Waals surface area contributed by atoms with Gasteiger partial charge >= 0.3 is 0 Å². The number of Topliss-reactive ketones (excluding diaryl/α,β-unsaturated/α-hetero) is 1. The van der Waals surface area contributed by atoms with E-state index in [0.29, 0.717) is 0 Å². The summed E-state index contributed by atoms with van der Waals surface area (Å²) in [5.74, 6) is -4.08. The zero-order valence-electron chi connectivity index (χ0n) is 19.2. The number of fused-ring (bicyclic) bond motifs is 5. The molecule has 9 heteroatoms. The Kier molecular flexibility index (Phi) is 6.27. The van der Waals surface area contributed by atoms with Gasteiger partial charge in [-0.1, -0.05) is 19.9 Å². The second kappa shape index (κ2) is 8.06. The molecule has 4 N–H and O–H groups in total. The highest BCUT2D eigenvalue weighted by Crippen LogP contribution is 2.70. The predicted molar refractivity (Wildman–Crippen MR) is 114 cm³/mol. The molecule has 0 aromatic carbocycles. The lowest BCUT2D eigenvalue weighted by atomic mass is 9.44. The van der Waals surface area contributed by atoms with Crippen LogP contribution < -0.4 is 0 Å². The number of aliphatic carboxylic acids is 1. The molecule has 4 aliphatic carbocycles. The van der Waals surface area contributed by atoms with Gasteiger partial charge in [0.15, 0.2) is 17.2 Å². The number of carboxylic acid groups (broad SMARTS) is 1. The van der Waals surface area contributed by atoms with Crippen LogP contribution in [0.1, 0.15) is 47.0 Å². The SMILES string of the molecule is CC(=O)O.C[C@H]1C[C@H]2[C@@H]3C[C@H](F)C4=CC(=O)C=C[C@]4(C)[C@@]3(F)[C@@H](O)C[C@]2(C)[C@@]1(O)C(=O)CO. The lowest BCUT2D eigenvalue weighted by Crippen LogP contribution is -2.70. The zero-order chi connectivity index (χ0) is 25.1. The number of carboxylic acids is 1. The predicted octanol–water partition coefficient (Wildman–Crippen LogP) is 1.93. The van der Waals surface area contributed by atoms with Gasteiger partial charge in [-0.25, -0.2) is 8.78 Å². The van der Waals surface area contributed by atoms with E-state index in [2.05, 4.69) is 0 Å². The Bertz CT molecular complexity index is 928. The highest BCUT2D eigenvalue weighted by Gasteiger charge is 2.76. The van der Waals surface area contributed by atoms with Crippen molar-refractivity contribution in [3.63, 3.8) is 0 Å². The Morgan fingerprint density at radius 3 is 2.33 bits per heavy atom. The Balaban J connectivity index is 0.000000709. The molecule has 3 fully saturated rings. The van der Waals surface area contributed by atoms with E-state index in [-0.39, 0.29) is 24.8 Å². The van der Waals surface area contributed by atoms with Crippen LogP contribution in [0.4, 0.5) is 8.78 Å². The highest BCUT2D eigenvalue weighted by atomic mass is 19.1. The zero-order valence-corrected chi connectivity index (χ0v) is 19.2. The molecule has 4 rings (SSSR count). The van der Waals surface area contributed by atoms with Crippen molar-refractivity contribution in [3.05, 3.63) is 23.8 Å². The van der Waals surface area contributed by atoms with E-state index >= 15 is 8.78 Å². The van der Waals surface area contributed by atoms with Gasteiger partial charge in [-0.15, -0.1) is 0 Å². The molecule has 0 heterocycles. The first kappa shape index (κ1) is 25.6. The Hall–Kier alpha value is -1.97. The van der Waals surface area contributed by atoms with Crippen LogP contribution in [0, 0.1) is 28.6 Å². The fraction of sp³-hybridized carbons (Fsp3) is 0.708. The Morgan fingerprint density at radius 2 is 1.79 bits per heavy atom. The van der Waals surface area contributed by atoms with Crippen molar-refractivity contribution in [2.45, 2.75) is 70.5 Å². The van der Waals surface area contributed by atoms with Gasteiger partial charge in [-0.3, -0.25) is 14.4 Å². The number of ketones is 2. The van der Waals surface area contributed by atoms with Gasteiger partial charge in [0.25, 0.3) is 5.97 Å². The summed E-state index contributed by atoms with van der Waals surface area (Å²) in [5.41, 5.74) is -6.81. The van der Waals surface area contributed by atoms with Gasteiger partial charge in [0.1, 0.15) is 18.4 Å². The normalized spacial score (nSPS) is 48.0. The molecule has 0 aliphatic heterocycles. The number of alkyl halides is 2. The first-order valence-corrected chi connectivity index (χ1v) is 11.1. The molecule has 0 aromatic rings. The van der Waals surface area contributed by atoms with Crippen molar-refractivity contribution < 1.29 is 43.6 Å². The smallest absolute Gasteiger partial charge is 0.300 e. The van der Waals surface area contributed by atoms with Crippen LogP contribution in [0.2, 0.25) is 0 Å². The third-order valence-electron chi connectivity index (χ3n) is 8.78. The number of halogens is 2. The van der Waals surface area contributed by atoms with Gasteiger partial charge in [-0.2, -0.15) is 0 Å². The molecule has 0 bridgehead atoms. The second-order valence-electron chi connectivity index (χ2n) is 10.4. The number of allylic oxidation sites excluding steroid dienone is 4. The maximum absolute atomic E-state index is 16.9. The monoisotopic (exact) mass is 470 g/mol. The second-order valence-corrected chi connectivity index (χ2v) is 10.4. The average Bonchev–Trinajstić information content (AvgIpc) is 2.92. The highest BCUT2D eigenvalue weighted by molar-refractivity contribution is 6.01. The average molecular weight is 471 g/mol. The van der Waals surface area contributed by atoms with Gasteiger partial charge in [0, 0.05) is 23.7 Å². The van der Waals surface area contributed by atoms with Crippen molar-refractivity contribution in [1.82, 2.24) is 0 Å². The molecule has 33 heavy (non-hydrogen) atoms. The molecular formula is C24H32F2O7. The minimum Gasteiger partial charge on any atom is -0.481 e. The van der Waals surface area contributed by atoms with Crippen LogP contribution in [0.5, 0.6) is 0 Å². The van der Waals surface area contributed by atoms with Crippen LogP contribution in [-0.2, 0) is 14.4 Å². The van der Waals surface area contributed by atoms with Crippen molar-refractivity contribution in [2.24, 2.45) is 28.6 Å². The van der Waals surface area contributed by atoms with Gasteiger partial charge < -0.3 is 20.4 Å². The molecular weight excluding hydrogens is 438 g/mol. The van der Waals surface area contributed by atoms with E-state index in [4.69, 9.17) is 9.90 Å². The molecule has 7 nitrogen and oxygen atoms in total. The van der Waals surface area contributed by atoms with E-state index in [1.807, 2.05) is 0 Å². The number of hydrogen-bond acceptors (Lipinski definition) is 6. The van der Waals surface area contributed by atoms with Gasteiger partial charge in [0.2, 0.25) is 0 Å². The first-order chi connectivity index (χ1) is 15.1. The van der Waals surface area contributed by atoms with Crippen LogP contribution >= 0.6 is 0 Å². The van der Waals surface area contributed by atoms with Crippen molar-refractivity contribution in [2.75, 3.05) is 6.61 Å². The summed E-state index contributed by atoms with van der Waals surface area (Å²) in [6, 6.07) is 0. The van der Waals surface area contributed by atoms with E-state index in [1.54, 1.807) is 13.8 Å². The largest absolute Gasteiger partial charge is 0.481 e. The van der Waals surface area contributed by atoms with Crippen molar-refractivity contribution in [3.8, 4) is 0 Å². The summed E-state index contributed by atoms with van der Waals surface area (Å²) in [5, 5.41) is 39.3. The molecule has 0 aromatic heterocycles. The third-order valence-corrected chi connectivity index (χ3v) is 8.78. The first-order valence-electron chi connectivity index (χ1n) is 11.1. The molecule has 0 amide bonds. The Morgan fingerprint density at radius 1 is 1.21 bits per heavy atom. The number of hydrogen-bond donors (Lipinski definition) is 4. The number of aliphatic hydroxyl groups excluding tert-OH is 2. The minimum atomic E-state index is -2.24. The summed E-state index contributed by atoms with van der Waals surface area (Å²) in [6.45, 7) is 5.05. The standard InChI is InChI=1S/C22H28F2O5.C2H4O2/c1-11-6-13-14-8-16(23)15-7-12(26)4-5-19(15,2)21(14,24)17(27)9-20(13,3)22(11,29)18(28)10-25;1-2(3)4/h4-5,7,11,13-14,16-17,25,27,29H,6,8-10H2,1-3H3;1H3,(H,3,4)/t11-,13-,14-,16-,17-,19-,20-,21-,22-;/m0./s1. The number of aliphatic hydroxyl groups is 3. The van der Waals surface area contributed by atoms with Gasteiger partial charge in [0.05, 0.1) is 6.10 Å². The number of carbonyl (C=O) groups excluding carboxylic acids is 2.